The van der Waals surface area contributed by atoms with Gasteiger partial charge in [0, 0.05) is 4.88 Å². The van der Waals surface area contributed by atoms with Crippen LogP contribution in [0.5, 0.6) is 0 Å². The van der Waals surface area contributed by atoms with E-state index in [0.717, 1.165) is 12.8 Å². The van der Waals surface area contributed by atoms with Gasteiger partial charge in [0.1, 0.15) is 0 Å². The maximum Gasteiger partial charge on any atom is 0.0345 e. The quantitative estimate of drug-likeness (QED) is 0.657. The fourth-order valence-corrected chi connectivity index (χ4v) is 2.35. The molecule has 1 aromatic heterocycles. The van der Waals surface area contributed by atoms with Gasteiger partial charge in [0.25, 0.3) is 0 Å². The maximum absolute atomic E-state index is 3.84. The molecule has 0 spiro atoms. The highest BCUT2D eigenvalue weighted by Gasteiger charge is 2.08. The van der Waals surface area contributed by atoms with E-state index < -0.39 is 0 Å². The molecule has 1 aliphatic rings. The number of hydrogen-bond acceptors (Lipinski definition) is 1. The SMILES string of the molecule is C=CC1=CCCC=C1c1cccs1. The molecule has 1 heterocycles. The highest BCUT2D eigenvalue weighted by Crippen LogP contribution is 2.31. The van der Waals surface area contributed by atoms with Gasteiger partial charge in [-0.1, -0.05) is 30.9 Å². The van der Waals surface area contributed by atoms with Gasteiger partial charge in [0.05, 0.1) is 0 Å². The second-order valence-corrected chi connectivity index (χ2v) is 3.98. The van der Waals surface area contributed by atoms with Crippen LogP contribution in [0.25, 0.3) is 5.57 Å². The molecule has 1 aliphatic carbocycles. The van der Waals surface area contributed by atoms with E-state index in [2.05, 4.69) is 36.2 Å². The zero-order valence-electron chi connectivity index (χ0n) is 7.49. The Bertz CT molecular complexity index is 352. The van der Waals surface area contributed by atoms with Crippen LogP contribution in [-0.4, -0.2) is 0 Å². The summed E-state index contributed by atoms with van der Waals surface area (Å²) in [5.41, 5.74) is 2.64. The molecule has 0 fully saturated rings. The third kappa shape index (κ3) is 1.65. The van der Waals surface area contributed by atoms with E-state index in [1.807, 2.05) is 6.08 Å². The minimum Gasteiger partial charge on any atom is -0.144 e. The summed E-state index contributed by atoms with van der Waals surface area (Å²) < 4.78 is 0. The topological polar surface area (TPSA) is 0 Å². The standard InChI is InChI=1S/C12H12S/c1-2-10-6-3-4-7-11(10)12-8-5-9-13-12/h2,5-9H,1,3-4H2. The van der Waals surface area contributed by atoms with Crippen LogP contribution in [0.1, 0.15) is 17.7 Å². The van der Waals surface area contributed by atoms with Crippen molar-refractivity contribution in [2.45, 2.75) is 12.8 Å². The van der Waals surface area contributed by atoms with Gasteiger partial charge in [0.15, 0.2) is 0 Å². The Labute approximate surface area is 82.9 Å². The van der Waals surface area contributed by atoms with E-state index in [1.165, 1.54) is 16.0 Å². The molecule has 1 heteroatoms. The molecule has 0 atom stereocenters. The third-order valence-corrected chi connectivity index (χ3v) is 3.10. The molecule has 0 N–H and O–H groups in total. The van der Waals surface area contributed by atoms with Crippen LogP contribution in [0.3, 0.4) is 0 Å². The third-order valence-electron chi connectivity index (χ3n) is 2.20. The largest absolute Gasteiger partial charge is 0.144 e. The van der Waals surface area contributed by atoms with Gasteiger partial charge in [-0.05, 0) is 35.4 Å². The van der Waals surface area contributed by atoms with Crippen molar-refractivity contribution < 1.29 is 0 Å². The molecule has 0 aliphatic heterocycles. The second-order valence-electron chi connectivity index (χ2n) is 3.04. The highest BCUT2D eigenvalue weighted by atomic mass is 32.1. The summed E-state index contributed by atoms with van der Waals surface area (Å²) in [4.78, 5) is 1.35. The summed E-state index contributed by atoms with van der Waals surface area (Å²) in [6, 6.07) is 4.26. The minimum absolute atomic E-state index is 1.15. The first kappa shape index (κ1) is 8.52. The molecular weight excluding hydrogens is 176 g/mol. The summed E-state index contributed by atoms with van der Waals surface area (Å²) in [6.45, 7) is 3.84. The molecule has 0 saturated carbocycles. The van der Waals surface area contributed by atoms with Crippen LogP contribution < -0.4 is 0 Å². The zero-order valence-corrected chi connectivity index (χ0v) is 8.31. The Morgan fingerprint density at radius 1 is 1.31 bits per heavy atom. The molecule has 13 heavy (non-hydrogen) atoms. The molecule has 0 aromatic carbocycles. The van der Waals surface area contributed by atoms with Crippen LogP contribution in [0.4, 0.5) is 0 Å². The van der Waals surface area contributed by atoms with E-state index in [-0.39, 0.29) is 0 Å². The molecular formula is C12H12S. The lowest BCUT2D eigenvalue weighted by Crippen LogP contribution is -1.89. The van der Waals surface area contributed by atoms with Crippen LogP contribution in [0, 0.1) is 0 Å². The lowest BCUT2D eigenvalue weighted by Gasteiger charge is -2.11. The van der Waals surface area contributed by atoms with Gasteiger partial charge >= 0.3 is 0 Å². The highest BCUT2D eigenvalue weighted by molar-refractivity contribution is 7.11. The smallest absolute Gasteiger partial charge is 0.0345 e. The molecule has 1 aromatic rings. The summed E-state index contributed by atoms with van der Waals surface area (Å²) >= 11 is 1.79. The molecule has 0 amide bonds. The first-order valence-electron chi connectivity index (χ1n) is 4.49. The molecule has 0 radical (unpaired) electrons. The lowest BCUT2D eigenvalue weighted by atomic mass is 9.97. The van der Waals surface area contributed by atoms with Crippen molar-refractivity contribution in [3.63, 3.8) is 0 Å². The van der Waals surface area contributed by atoms with Crippen molar-refractivity contribution in [2.75, 3.05) is 0 Å². The van der Waals surface area contributed by atoms with Crippen LogP contribution >= 0.6 is 11.3 Å². The number of allylic oxidation sites excluding steroid dienone is 5. The van der Waals surface area contributed by atoms with Gasteiger partial charge in [-0.25, -0.2) is 0 Å². The minimum atomic E-state index is 1.15. The Balaban J connectivity index is 2.37. The van der Waals surface area contributed by atoms with Gasteiger partial charge in [-0.2, -0.15) is 0 Å². The Morgan fingerprint density at radius 2 is 2.15 bits per heavy atom. The van der Waals surface area contributed by atoms with Crippen LogP contribution in [0.15, 0.2) is 47.9 Å². The van der Waals surface area contributed by atoms with E-state index in [9.17, 15) is 0 Å². The van der Waals surface area contributed by atoms with Gasteiger partial charge in [0.2, 0.25) is 0 Å². The van der Waals surface area contributed by atoms with E-state index in [4.69, 9.17) is 0 Å². The molecule has 66 valence electrons. The van der Waals surface area contributed by atoms with Gasteiger partial charge < -0.3 is 0 Å². The Kier molecular flexibility index (Phi) is 2.46. The average Bonchev–Trinajstić information content (AvgIpc) is 2.70. The van der Waals surface area contributed by atoms with Crippen molar-refractivity contribution >= 4 is 16.9 Å². The van der Waals surface area contributed by atoms with Crippen LogP contribution in [-0.2, 0) is 0 Å². The molecule has 0 nitrogen and oxygen atoms in total. The molecule has 2 rings (SSSR count). The predicted octanol–water partition coefficient (Wildman–Crippen LogP) is 4.04. The van der Waals surface area contributed by atoms with E-state index >= 15 is 0 Å². The lowest BCUT2D eigenvalue weighted by molar-refractivity contribution is 1.03. The van der Waals surface area contributed by atoms with Crippen molar-refractivity contribution in [2.24, 2.45) is 0 Å². The maximum atomic E-state index is 3.84. The van der Waals surface area contributed by atoms with Gasteiger partial charge in [-0.3, -0.25) is 0 Å². The first-order valence-corrected chi connectivity index (χ1v) is 5.37. The predicted molar refractivity (Wildman–Crippen MR) is 59.8 cm³/mol. The normalized spacial score (nSPS) is 16.3. The zero-order chi connectivity index (χ0) is 9.10. The average molecular weight is 188 g/mol. The van der Waals surface area contributed by atoms with Crippen molar-refractivity contribution in [1.82, 2.24) is 0 Å². The van der Waals surface area contributed by atoms with Crippen molar-refractivity contribution in [3.05, 3.63) is 52.8 Å². The monoisotopic (exact) mass is 188 g/mol. The summed E-state index contributed by atoms with van der Waals surface area (Å²) in [5, 5.41) is 2.12. The molecule has 0 saturated heterocycles. The first-order chi connectivity index (χ1) is 6.42. The fourth-order valence-electron chi connectivity index (χ4n) is 1.56. The van der Waals surface area contributed by atoms with Crippen molar-refractivity contribution in [3.8, 4) is 0 Å². The van der Waals surface area contributed by atoms with Crippen LogP contribution in [0.2, 0.25) is 0 Å². The van der Waals surface area contributed by atoms with E-state index in [1.54, 1.807) is 11.3 Å². The Hall–Kier alpha value is -1.08. The van der Waals surface area contributed by atoms with Crippen molar-refractivity contribution in [1.29, 1.82) is 0 Å². The molecule has 0 unspecified atom stereocenters. The van der Waals surface area contributed by atoms with E-state index in [0.29, 0.717) is 0 Å². The second kappa shape index (κ2) is 3.75. The fraction of sp³-hybridized carbons (Fsp3) is 0.167. The Morgan fingerprint density at radius 3 is 2.85 bits per heavy atom. The summed E-state index contributed by atoms with van der Waals surface area (Å²) in [5.74, 6) is 0. The number of hydrogen-bond donors (Lipinski definition) is 0. The number of thiophene rings is 1. The summed E-state index contributed by atoms with van der Waals surface area (Å²) in [6.07, 6.45) is 8.83. The summed E-state index contributed by atoms with van der Waals surface area (Å²) in [7, 11) is 0. The number of rotatable bonds is 2. The van der Waals surface area contributed by atoms with Gasteiger partial charge in [-0.15, -0.1) is 11.3 Å². The molecule has 0 bridgehead atoms.